The number of imide groups is 1. The quantitative estimate of drug-likeness (QED) is 0.170. The Morgan fingerprint density at radius 2 is 1.02 bits per heavy atom. The van der Waals surface area contributed by atoms with Crippen molar-refractivity contribution in [2.75, 3.05) is 4.90 Å². The Balaban J connectivity index is 1.55. The first-order valence-corrected chi connectivity index (χ1v) is 16.8. The second kappa shape index (κ2) is 10.9. The van der Waals surface area contributed by atoms with Gasteiger partial charge in [0.2, 0.25) is 11.8 Å². The molecule has 0 aromatic heterocycles. The van der Waals surface area contributed by atoms with Crippen LogP contribution in [-0.2, 0) is 25.2 Å². The van der Waals surface area contributed by atoms with Crippen LogP contribution in [0.3, 0.4) is 0 Å². The molecule has 2 fully saturated rings. The van der Waals surface area contributed by atoms with E-state index in [1.165, 1.54) is 4.90 Å². The van der Waals surface area contributed by atoms with Gasteiger partial charge in [-0.15, -0.1) is 0 Å². The number of ketones is 1. The number of allylic oxidation sites excluding steroid dienone is 2. The predicted molar refractivity (Wildman–Crippen MR) is 189 cm³/mol. The molecular weight excluding hydrogens is 693 g/mol. The number of Topliss-reactive ketones (excluding diaryl/α,β-unsaturated/α-hetero) is 1. The molecular formula is C40H26BrCl2NO3. The van der Waals surface area contributed by atoms with E-state index in [1.807, 2.05) is 97.9 Å². The standard InChI is InChI=1S/C40H26BrCl2NO3/c1-23-12-21-30(22-31(23)41)44-36(45)34-35(37(44)46)40(27-15-19-29(43)20-16-27)33(25-10-6-3-7-11-25)32(24-8-4-2-5-9-24)39(34,38(40)47)26-13-17-28(42)18-14-26/h2-22,34-35H,1H3. The molecule has 0 N–H and O–H groups in total. The Hall–Kier alpha value is -4.29. The molecule has 2 amide bonds. The van der Waals surface area contributed by atoms with Gasteiger partial charge >= 0.3 is 0 Å². The smallest absolute Gasteiger partial charge is 0.239 e. The number of rotatable bonds is 5. The van der Waals surface area contributed by atoms with Crippen LogP contribution in [0, 0.1) is 18.8 Å². The summed E-state index contributed by atoms with van der Waals surface area (Å²) in [5, 5.41) is 1.00. The zero-order valence-corrected chi connectivity index (χ0v) is 28.2. The lowest BCUT2D eigenvalue weighted by Gasteiger charge is -2.39. The number of aryl methyl sites for hydroxylation is 1. The molecule has 230 valence electrons. The van der Waals surface area contributed by atoms with E-state index < -0.39 is 34.5 Å². The molecule has 1 heterocycles. The fourth-order valence-electron chi connectivity index (χ4n) is 8.33. The predicted octanol–water partition coefficient (Wildman–Crippen LogP) is 9.25. The highest BCUT2D eigenvalue weighted by molar-refractivity contribution is 9.10. The Morgan fingerprint density at radius 1 is 0.596 bits per heavy atom. The molecule has 4 unspecified atom stereocenters. The van der Waals surface area contributed by atoms with E-state index in [1.54, 1.807) is 36.4 Å². The van der Waals surface area contributed by atoms with Gasteiger partial charge < -0.3 is 0 Å². The van der Waals surface area contributed by atoms with E-state index in [9.17, 15) is 0 Å². The first-order chi connectivity index (χ1) is 22.7. The minimum atomic E-state index is -1.51. The van der Waals surface area contributed by atoms with Crippen molar-refractivity contribution in [3.8, 4) is 0 Å². The molecule has 5 aromatic carbocycles. The van der Waals surface area contributed by atoms with Gasteiger partial charge in [-0.05, 0) is 82.3 Å². The molecule has 1 saturated carbocycles. The van der Waals surface area contributed by atoms with Crippen molar-refractivity contribution >= 4 is 73.6 Å². The molecule has 2 aliphatic carbocycles. The van der Waals surface area contributed by atoms with Gasteiger partial charge in [-0.2, -0.15) is 0 Å². The summed E-state index contributed by atoms with van der Waals surface area (Å²) in [5.41, 5.74) is 2.71. The SMILES string of the molecule is Cc1ccc(N2C(=O)C3C(C2=O)C2(c4ccc(Cl)cc4)C(=O)C3(c3ccc(Cl)cc3)C(c3ccccc3)=C2c2ccccc2)cc1Br. The number of anilines is 1. The number of carbonyl (C=O) groups is 3. The maximum atomic E-state index is 16.0. The highest BCUT2D eigenvalue weighted by Crippen LogP contribution is 2.74. The summed E-state index contributed by atoms with van der Waals surface area (Å²) in [5.74, 6) is -3.07. The van der Waals surface area contributed by atoms with Crippen molar-refractivity contribution in [3.05, 3.63) is 170 Å². The van der Waals surface area contributed by atoms with Gasteiger partial charge in [0.25, 0.3) is 0 Å². The number of amides is 2. The molecule has 7 heteroatoms. The van der Waals surface area contributed by atoms with Crippen LogP contribution >= 0.6 is 39.1 Å². The van der Waals surface area contributed by atoms with Crippen LogP contribution < -0.4 is 4.90 Å². The zero-order valence-electron chi connectivity index (χ0n) is 25.1. The van der Waals surface area contributed by atoms with Crippen molar-refractivity contribution in [1.82, 2.24) is 0 Å². The van der Waals surface area contributed by atoms with Crippen LogP contribution in [0.2, 0.25) is 10.0 Å². The Labute approximate surface area is 290 Å². The summed E-state index contributed by atoms with van der Waals surface area (Å²) in [7, 11) is 0. The summed E-state index contributed by atoms with van der Waals surface area (Å²) < 4.78 is 0.777. The highest BCUT2D eigenvalue weighted by Gasteiger charge is 2.82. The Kier molecular flexibility index (Phi) is 6.96. The number of carbonyl (C=O) groups excluding carboxylic acids is 3. The van der Waals surface area contributed by atoms with Gasteiger partial charge in [-0.25, -0.2) is 4.90 Å². The van der Waals surface area contributed by atoms with Crippen LogP contribution in [0.4, 0.5) is 5.69 Å². The molecule has 0 spiro atoms. The topological polar surface area (TPSA) is 54.5 Å². The number of fused-ring (bicyclic) bond motifs is 5. The molecule has 3 aliphatic rings. The number of hydrogen-bond acceptors (Lipinski definition) is 3. The normalized spacial score (nSPS) is 24.8. The van der Waals surface area contributed by atoms with Crippen molar-refractivity contribution in [2.24, 2.45) is 11.8 Å². The van der Waals surface area contributed by atoms with Gasteiger partial charge in [-0.1, -0.05) is 130 Å². The minimum absolute atomic E-state index is 0.200. The van der Waals surface area contributed by atoms with Crippen LogP contribution in [-0.4, -0.2) is 17.6 Å². The van der Waals surface area contributed by atoms with E-state index in [2.05, 4.69) is 15.9 Å². The molecule has 2 bridgehead atoms. The van der Waals surface area contributed by atoms with E-state index in [4.69, 9.17) is 23.2 Å². The molecule has 1 aliphatic heterocycles. The largest absolute Gasteiger partial charge is 0.297 e. The molecule has 4 nitrogen and oxygen atoms in total. The highest BCUT2D eigenvalue weighted by atomic mass is 79.9. The fraction of sp³-hybridized carbons (Fsp3) is 0.125. The van der Waals surface area contributed by atoms with E-state index >= 15 is 14.4 Å². The second-order valence-electron chi connectivity index (χ2n) is 12.3. The number of hydrogen-bond donors (Lipinski definition) is 0. The van der Waals surface area contributed by atoms with Crippen molar-refractivity contribution in [2.45, 2.75) is 17.8 Å². The maximum absolute atomic E-state index is 16.0. The zero-order chi connectivity index (χ0) is 32.7. The molecule has 4 atom stereocenters. The van der Waals surface area contributed by atoms with Crippen LogP contribution in [0.15, 0.2) is 132 Å². The second-order valence-corrected chi connectivity index (χ2v) is 14.1. The average molecular weight is 719 g/mol. The first kappa shape index (κ1) is 30.1. The number of benzene rings is 5. The molecule has 0 radical (unpaired) electrons. The van der Waals surface area contributed by atoms with Crippen molar-refractivity contribution < 1.29 is 14.4 Å². The summed E-state index contributed by atoms with van der Waals surface area (Å²) in [4.78, 5) is 47.4. The van der Waals surface area contributed by atoms with E-state index in [0.29, 0.717) is 26.9 Å². The number of nitrogens with zero attached hydrogens (tertiary/aromatic N) is 1. The molecule has 5 aromatic rings. The molecule has 47 heavy (non-hydrogen) atoms. The summed E-state index contributed by atoms with van der Waals surface area (Å²) in [6.45, 7) is 1.95. The molecule has 8 rings (SSSR count). The average Bonchev–Trinajstić information content (AvgIpc) is 3.59. The van der Waals surface area contributed by atoms with Crippen molar-refractivity contribution in [3.63, 3.8) is 0 Å². The minimum Gasteiger partial charge on any atom is -0.297 e. The lowest BCUT2D eigenvalue weighted by molar-refractivity contribution is -0.130. The summed E-state index contributed by atoms with van der Waals surface area (Å²) in [6, 6.07) is 39.2. The number of halogens is 3. The fourth-order valence-corrected chi connectivity index (χ4v) is 8.95. The Morgan fingerprint density at radius 3 is 1.43 bits per heavy atom. The van der Waals surface area contributed by atoms with E-state index in [0.717, 1.165) is 32.3 Å². The lowest BCUT2D eigenvalue weighted by atomic mass is 9.59. The third-order valence-corrected chi connectivity index (χ3v) is 11.5. The van der Waals surface area contributed by atoms with Crippen LogP contribution in [0.1, 0.15) is 27.8 Å². The summed E-state index contributed by atoms with van der Waals surface area (Å²) in [6.07, 6.45) is 0. The third kappa shape index (κ3) is 3.97. The van der Waals surface area contributed by atoms with Gasteiger partial charge in [0.15, 0.2) is 5.78 Å². The van der Waals surface area contributed by atoms with Crippen LogP contribution in [0.5, 0.6) is 0 Å². The third-order valence-electron chi connectivity index (χ3n) is 10.1. The van der Waals surface area contributed by atoms with E-state index in [-0.39, 0.29) is 5.78 Å². The first-order valence-electron chi connectivity index (χ1n) is 15.3. The maximum Gasteiger partial charge on any atom is 0.239 e. The monoisotopic (exact) mass is 717 g/mol. The van der Waals surface area contributed by atoms with Gasteiger partial charge in [-0.3, -0.25) is 14.4 Å². The van der Waals surface area contributed by atoms with Crippen LogP contribution in [0.25, 0.3) is 11.1 Å². The lowest BCUT2D eigenvalue weighted by Crippen LogP contribution is -2.45. The Bertz CT molecular complexity index is 2020. The van der Waals surface area contributed by atoms with Gasteiger partial charge in [0.1, 0.15) is 0 Å². The summed E-state index contributed by atoms with van der Waals surface area (Å²) >= 11 is 16.4. The van der Waals surface area contributed by atoms with Gasteiger partial charge in [0, 0.05) is 14.5 Å². The van der Waals surface area contributed by atoms with Crippen molar-refractivity contribution in [1.29, 1.82) is 0 Å². The van der Waals surface area contributed by atoms with Gasteiger partial charge in [0.05, 0.1) is 28.4 Å². The molecule has 1 saturated heterocycles.